The molecule has 0 unspecified atom stereocenters. The van der Waals surface area contributed by atoms with Crippen molar-refractivity contribution in [3.63, 3.8) is 0 Å². The number of benzene rings is 2. The highest BCUT2D eigenvalue weighted by molar-refractivity contribution is 7.98. The average molecular weight is 311 g/mol. The molecule has 0 N–H and O–H groups in total. The van der Waals surface area contributed by atoms with Crippen LogP contribution in [0.15, 0.2) is 36.4 Å². The van der Waals surface area contributed by atoms with Gasteiger partial charge in [0.2, 0.25) is 0 Å². The van der Waals surface area contributed by atoms with Gasteiger partial charge in [-0.05, 0) is 34.7 Å². The van der Waals surface area contributed by atoms with E-state index >= 15 is 0 Å². The van der Waals surface area contributed by atoms with Gasteiger partial charge in [-0.25, -0.2) is 0 Å². The summed E-state index contributed by atoms with van der Waals surface area (Å²) in [6, 6.07) is 15.3. The first kappa shape index (κ1) is 14.6. The molecule has 2 aromatic carbocycles. The summed E-state index contributed by atoms with van der Waals surface area (Å²) in [7, 11) is 0. The molecule has 1 aliphatic heterocycles. The van der Waals surface area contributed by atoms with Crippen molar-refractivity contribution in [1.82, 2.24) is 0 Å². The van der Waals surface area contributed by atoms with Crippen LogP contribution in [-0.4, -0.2) is 0 Å². The number of nitriles is 1. The monoisotopic (exact) mass is 311 g/mol. The third kappa shape index (κ3) is 3.12. The lowest BCUT2D eigenvalue weighted by molar-refractivity contribution is 1.21. The van der Waals surface area contributed by atoms with Gasteiger partial charge >= 0.3 is 0 Å². The lowest BCUT2D eigenvalue weighted by atomic mass is 10.0. The average Bonchev–Trinajstić information content (AvgIpc) is 2.50. The molecular weight excluding hydrogens is 294 g/mol. The Morgan fingerprint density at radius 1 is 0.810 bits per heavy atom. The van der Waals surface area contributed by atoms with Crippen LogP contribution in [0.3, 0.4) is 0 Å². The normalized spacial score (nSPS) is 14.7. The van der Waals surface area contributed by atoms with E-state index in [4.69, 9.17) is 0 Å². The van der Waals surface area contributed by atoms with Crippen LogP contribution in [0.1, 0.15) is 33.4 Å². The second kappa shape index (κ2) is 6.60. The van der Waals surface area contributed by atoms with E-state index < -0.39 is 0 Å². The van der Waals surface area contributed by atoms with Gasteiger partial charge in [0.15, 0.2) is 0 Å². The molecule has 3 rings (SSSR count). The van der Waals surface area contributed by atoms with Gasteiger partial charge in [-0.2, -0.15) is 28.8 Å². The minimum absolute atomic E-state index is 0.887. The lowest BCUT2D eigenvalue weighted by Crippen LogP contribution is -1.98. The maximum atomic E-state index is 9.47. The molecule has 0 saturated carbocycles. The second-order valence-corrected chi connectivity index (χ2v) is 7.22. The maximum Gasteiger partial charge on any atom is 0.0998 e. The quantitative estimate of drug-likeness (QED) is 0.680. The largest absolute Gasteiger partial charge is 0.192 e. The van der Waals surface area contributed by atoms with Crippen LogP contribution in [-0.2, 0) is 23.0 Å². The van der Waals surface area contributed by atoms with Gasteiger partial charge in [-0.1, -0.05) is 36.4 Å². The zero-order chi connectivity index (χ0) is 14.7. The van der Waals surface area contributed by atoms with Crippen molar-refractivity contribution in [2.75, 3.05) is 0 Å². The van der Waals surface area contributed by atoms with Gasteiger partial charge < -0.3 is 0 Å². The van der Waals surface area contributed by atoms with Crippen LogP contribution >= 0.6 is 23.5 Å². The first-order valence-electron chi connectivity index (χ1n) is 7.03. The van der Waals surface area contributed by atoms with Crippen molar-refractivity contribution in [2.45, 2.75) is 29.9 Å². The Hall–Kier alpha value is -1.37. The topological polar surface area (TPSA) is 23.8 Å². The molecule has 0 fully saturated rings. The summed E-state index contributed by atoms with van der Waals surface area (Å²) in [4.78, 5) is 0. The van der Waals surface area contributed by atoms with Gasteiger partial charge in [-0.15, -0.1) is 0 Å². The van der Waals surface area contributed by atoms with Crippen molar-refractivity contribution < 1.29 is 0 Å². The van der Waals surface area contributed by atoms with Crippen LogP contribution in [0.25, 0.3) is 0 Å². The summed E-state index contributed by atoms with van der Waals surface area (Å²) >= 11 is 3.79. The molecule has 3 heteroatoms. The summed E-state index contributed by atoms with van der Waals surface area (Å²) in [6.07, 6.45) is 0. The lowest BCUT2D eigenvalue weighted by Gasteiger charge is -2.14. The van der Waals surface area contributed by atoms with Crippen LogP contribution in [0.2, 0.25) is 0 Å². The van der Waals surface area contributed by atoms with Crippen molar-refractivity contribution in [3.8, 4) is 6.07 Å². The first-order chi connectivity index (χ1) is 10.3. The Bertz CT molecular complexity index is 654. The summed E-state index contributed by atoms with van der Waals surface area (Å²) in [5.41, 5.74) is 7.52. The second-order valence-electron chi connectivity index (χ2n) is 5.25. The fourth-order valence-electron chi connectivity index (χ4n) is 2.63. The van der Waals surface area contributed by atoms with Gasteiger partial charge in [0.25, 0.3) is 0 Å². The molecule has 106 valence electrons. The molecule has 0 amide bonds. The van der Waals surface area contributed by atoms with Crippen LogP contribution in [0.5, 0.6) is 0 Å². The van der Waals surface area contributed by atoms with E-state index in [-0.39, 0.29) is 0 Å². The van der Waals surface area contributed by atoms with Crippen LogP contribution in [0, 0.1) is 18.3 Å². The van der Waals surface area contributed by atoms with E-state index in [1.165, 1.54) is 27.8 Å². The van der Waals surface area contributed by atoms with Crippen molar-refractivity contribution in [2.24, 2.45) is 0 Å². The molecule has 0 aliphatic carbocycles. The van der Waals surface area contributed by atoms with E-state index in [1.807, 2.05) is 23.5 Å². The van der Waals surface area contributed by atoms with Crippen molar-refractivity contribution in [1.29, 1.82) is 5.26 Å². The molecule has 0 atom stereocenters. The minimum atomic E-state index is 0.887. The Labute approximate surface area is 134 Å². The smallest absolute Gasteiger partial charge is 0.0998 e. The molecule has 4 bridgehead atoms. The maximum absolute atomic E-state index is 9.47. The summed E-state index contributed by atoms with van der Waals surface area (Å²) in [6.45, 7) is 2.23. The minimum Gasteiger partial charge on any atom is -0.192 e. The van der Waals surface area contributed by atoms with Crippen molar-refractivity contribution >= 4 is 23.5 Å². The van der Waals surface area contributed by atoms with Gasteiger partial charge in [-0.3, -0.25) is 0 Å². The predicted molar refractivity (Wildman–Crippen MR) is 92.3 cm³/mol. The number of hydrogen-bond donors (Lipinski definition) is 0. The number of hydrogen-bond acceptors (Lipinski definition) is 3. The standard InChI is InChI=1S/C18H17NS2/c1-13-14-4-2-5-15(13)10-21-12-17-7-3-6-16(11-20-9-14)18(17)8-19/h2-7H,9-12H2,1H3. The van der Waals surface area contributed by atoms with Gasteiger partial charge in [0.1, 0.15) is 0 Å². The van der Waals surface area contributed by atoms with E-state index in [0.29, 0.717) is 0 Å². The third-order valence-corrected chi connectivity index (χ3v) is 6.00. The summed E-state index contributed by atoms with van der Waals surface area (Å²) < 4.78 is 0. The molecule has 0 radical (unpaired) electrons. The van der Waals surface area contributed by atoms with E-state index in [1.54, 1.807) is 0 Å². The van der Waals surface area contributed by atoms with E-state index in [9.17, 15) is 5.26 Å². The Balaban J connectivity index is 1.96. The van der Waals surface area contributed by atoms with Gasteiger partial charge in [0, 0.05) is 23.0 Å². The number of nitrogens with zero attached hydrogens (tertiary/aromatic N) is 1. The molecule has 2 aromatic rings. The molecule has 0 spiro atoms. The molecule has 1 nitrogen and oxygen atoms in total. The molecule has 1 aliphatic rings. The molecule has 1 heterocycles. The molecule has 0 aromatic heterocycles. The van der Waals surface area contributed by atoms with Crippen molar-refractivity contribution in [3.05, 3.63) is 69.8 Å². The zero-order valence-electron chi connectivity index (χ0n) is 12.1. The highest BCUT2D eigenvalue weighted by Gasteiger charge is 2.11. The fourth-order valence-corrected chi connectivity index (χ4v) is 4.82. The Kier molecular flexibility index (Phi) is 4.57. The highest BCUT2D eigenvalue weighted by atomic mass is 32.2. The molecular formula is C18H17NS2. The number of fused-ring (bicyclic) bond motifs is 4. The van der Waals surface area contributed by atoms with E-state index in [2.05, 4.69) is 49.4 Å². The SMILES string of the molecule is Cc1c2cccc1CSCc1cccc(c1C#N)CSC2. The third-order valence-electron chi connectivity index (χ3n) is 3.94. The Morgan fingerprint density at radius 2 is 1.24 bits per heavy atom. The van der Waals surface area contributed by atoms with Crippen LogP contribution in [0.4, 0.5) is 0 Å². The molecule has 21 heavy (non-hydrogen) atoms. The summed E-state index contributed by atoms with van der Waals surface area (Å²) in [5, 5.41) is 9.47. The molecule has 0 saturated heterocycles. The Morgan fingerprint density at radius 3 is 1.71 bits per heavy atom. The first-order valence-corrected chi connectivity index (χ1v) is 9.34. The number of rotatable bonds is 0. The fraction of sp³-hybridized carbons (Fsp3) is 0.278. The van der Waals surface area contributed by atoms with Crippen LogP contribution < -0.4 is 0 Å². The van der Waals surface area contributed by atoms with Gasteiger partial charge in [0.05, 0.1) is 11.6 Å². The number of thioether (sulfide) groups is 2. The highest BCUT2D eigenvalue weighted by Crippen LogP contribution is 2.30. The predicted octanol–water partition coefficient (Wildman–Crippen LogP) is 5.05. The summed E-state index contributed by atoms with van der Waals surface area (Å²) in [5.74, 6) is 3.84. The van der Waals surface area contributed by atoms with E-state index in [0.717, 1.165) is 28.6 Å². The zero-order valence-corrected chi connectivity index (χ0v) is 13.7.